The topological polar surface area (TPSA) is 32.6 Å². The number of aromatic hydroxyl groups is 1. The summed E-state index contributed by atoms with van der Waals surface area (Å²) in [6.45, 7) is 1.91. The second-order valence-electron chi connectivity index (χ2n) is 7.85. The number of para-hydroxylation sites is 1. The molecule has 0 saturated carbocycles. The summed E-state index contributed by atoms with van der Waals surface area (Å²) in [6, 6.07) is 23.5. The Bertz CT molecular complexity index is 1340. The van der Waals surface area contributed by atoms with E-state index >= 15 is 0 Å². The molecule has 0 aromatic heterocycles. The minimum absolute atomic E-state index is 0.0412. The van der Waals surface area contributed by atoms with Gasteiger partial charge in [0.25, 0.3) is 0 Å². The van der Waals surface area contributed by atoms with E-state index in [1.54, 1.807) is 12.1 Å². The predicted molar refractivity (Wildman–Crippen MR) is 132 cm³/mol. The van der Waals surface area contributed by atoms with Crippen LogP contribution in [0.25, 0.3) is 0 Å². The van der Waals surface area contributed by atoms with E-state index in [4.69, 9.17) is 17.0 Å². The van der Waals surface area contributed by atoms with Crippen molar-refractivity contribution in [2.45, 2.75) is 12.3 Å². The molecule has 0 aliphatic rings. The molecule has 4 aromatic rings. The number of aliphatic imine (C=N–C) groups is 1. The van der Waals surface area contributed by atoms with Crippen LogP contribution in [0.4, 0.5) is 27.6 Å². The first-order valence-corrected chi connectivity index (χ1v) is 17.0. The van der Waals surface area contributed by atoms with E-state index in [-0.39, 0.29) is 11.3 Å². The van der Waals surface area contributed by atoms with Crippen LogP contribution in [0.1, 0.15) is 29.2 Å². The van der Waals surface area contributed by atoms with Crippen LogP contribution in [0, 0.1) is 29.1 Å². The zero-order valence-electron chi connectivity index (χ0n) is 19.1. The van der Waals surface area contributed by atoms with Crippen LogP contribution in [-0.4, -0.2) is 11.3 Å². The Labute approximate surface area is 229 Å². The first-order chi connectivity index (χ1) is 17.7. The van der Waals surface area contributed by atoms with Crippen LogP contribution in [0.2, 0.25) is 0 Å². The van der Waals surface area contributed by atoms with Gasteiger partial charge in [-0.3, -0.25) is 0 Å². The van der Waals surface area contributed by atoms with Crippen molar-refractivity contribution < 1.29 is 47.9 Å². The Hall–Kier alpha value is -2.54. The van der Waals surface area contributed by atoms with Crippen molar-refractivity contribution in [3.8, 4) is 5.75 Å². The third-order valence-electron chi connectivity index (χ3n) is 5.83. The summed E-state index contributed by atoms with van der Waals surface area (Å²) in [5, 5.41) is 11.1. The van der Waals surface area contributed by atoms with Gasteiger partial charge in [0, 0.05) is 22.8 Å². The third kappa shape index (κ3) is 5.97. The Morgan fingerprint density at radius 1 is 0.703 bits per heavy atom. The summed E-state index contributed by atoms with van der Waals surface area (Å²) in [5.74, 6) is -10.8. The molecule has 37 heavy (non-hydrogen) atoms. The second-order valence-corrected chi connectivity index (χ2v) is 11.6. The molecule has 0 atom stereocenters. The van der Waals surface area contributed by atoms with Crippen LogP contribution in [0.3, 0.4) is 0 Å². The molecule has 0 bridgehead atoms. The fourth-order valence-corrected chi connectivity index (χ4v) is 3.93. The zero-order chi connectivity index (χ0) is 27.2. The number of halogens is 7. The molecule has 1 N–H and O–H groups in total. The molecule has 0 saturated heterocycles. The van der Waals surface area contributed by atoms with E-state index in [0.29, 0.717) is 5.56 Å². The monoisotopic (exact) mass is 627 g/mol. The van der Waals surface area contributed by atoms with Gasteiger partial charge in [-0.15, -0.1) is 0 Å². The number of hydrogen-bond donors (Lipinski definition) is 1. The van der Waals surface area contributed by atoms with Gasteiger partial charge in [0.15, 0.2) is 23.3 Å². The van der Waals surface area contributed by atoms with Gasteiger partial charge in [-0.2, -0.15) is 0 Å². The summed E-state index contributed by atoms with van der Waals surface area (Å²) >= 11 is -0.826. The number of rotatable bonds is 5. The van der Waals surface area contributed by atoms with E-state index in [1.807, 2.05) is 67.6 Å². The number of phenols is 1. The van der Waals surface area contributed by atoms with Gasteiger partial charge in [-0.1, -0.05) is 72.8 Å². The van der Waals surface area contributed by atoms with E-state index in [9.17, 15) is 27.1 Å². The van der Waals surface area contributed by atoms with Gasteiger partial charge in [-0.25, -0.2) is 26.9 Å². The molecule has 0 amide bonds. The van der Waals surface area contributed by atoms with Gasteiger partial charge < -0.3 is 5.11 Å². The maximum absolute atomic E-state index is 14.0. The molecule has 10 heteroatoms. The van der Waals surface area contributed by atoms with E-state index < -0.39 is 61.0 Å². The standard InChI is InChI=1S/C27H18F5NO.2ClH.Zr/c1-27(17-10-4-2-5-11-17,18-12-6-3-7-13-18)19-14-8-9-16(26(19)34)15-33-25-23(31)21(29)20(28)22(30)24(25)32;;;/h2-15,34H,1H3;2*1H;/q;;;+2/p-2. The van der Waals surface area contributed by atoms with Crippen LogP contribution >= 0.6 is 17.0 Å². The quantitative estimate of drug-likeness (QED) is 0.0775. The van der Waals surface area contributed by atoms with Crippen molar-refractivity contribution in [2.75, 3.05) is 0 Å². The maximum atomic E-state index is 14.0. The fourth-order valence-electron chi connectivity index (χ4n) is 3.93. The van der Waals surface area contributed by atoms with Gasteiger partial charge >= 0.3 is 37.9 Å². The molecule has 0 unspecified atom stereocenters. The molecule has 4 aromatic carbocycles. The number of phenolic OH excluding ortho intramolecular Hbond substituents is 1. The molecule has 0 aliphatic carbocycles. The van der Waals surface area contributed by atoms with Crippen LogP contribution in [0.15, 0.2) is 83.9 Å². The Balaban J connectivity index is 0.00000121. The Morgan fingerprint density at radius 2 is 1.14 bits per heavy atom. The van der Waals surface area contributed by atoms with Crippen LogP contribution in [0.5, 0.6) is 5.75 Å². The third-order valence-corrected chi connectivity index (χ3v) is 5.83. The number of hydrogen-bond acceptors (Lipinski definition) is 2. The summed E-state index contributed by atoms with van der Waals surface area (Å²) < 4.78 is 68.4. The van der Waals surface area contributed by atoms with Crippen molar-refractivity contribution in [3.63, 3.8) is 0 Å². The molecule has 2 nitrogen and oxygen atoms in total. The van der Waals surface area contributed by atoms with Crippen LogP contribution in [-0.2, 0) is 26.3 Å². The van der Waals surface area contributed by atoms with Gasteiger partial charge in [0.2, 0.25) is 5.82 Å². The molecule has 0 radical (unpaired) electrons. The predicted octanol–water partition coefficient (Wildman–Crippen LogP) is 8.57. The zero-order valence-corrected chi connectivity index (χ0v) is 23.1. The first-order valence-electron chi connectivity index (χ1n) is 10.6. The summed E-state index contributed by atoms with van der Waals surface area (Å²) in [6.07, 6.45) is 0.869. The van der Waals surface area contributed by atoms with E-state index in [2.05, 4.69) is 4.99 Å². The van der Waals surface area contributed by atoms with E-state index in [1.165, 1.54) is 6.07 Å². The first kappa shape index (κ1) is 29.0. The van der Waals surface area contributed by atoms with Crippen molar-refractivity contribution in [1.29, 1.82) is 0 Å². The van der Waals surface area contributed by atoms with Gasteiger partial charge in [0.05, 0.1) is 0 Å². The molecular formula is C27H18Cl2F5NOZr. The minimum atomic E-state index is -2.26. The van der Waals surface area contributed by atoms with Crippen molar-refractivity contribution in [3.05, 3.63) is 130 Å². The molecule has 0 heterocycles. The fraction of sp³-hybridized carbons (Fsp3) is 0.0741. The molecule has 4 rings (SSSR count). The molecule has 0 fully saturated rings. The van der Waals surface area contributed by atoms with Crippen LogP contribution < -0.4 is 0 Å². The average Bonchev–Trinajstić information content (AvgIpc) is 2.92. The summed E-state index contributed by atoms with van der Waals surface area (Å²) in [7, 11) is 9.87. The second kappa shape index (κ2) is 12.8. The Morgan fingerprint density at radius 3 is 1.59 bits per heavy atom. The normalized spacial score (nSPS) is 11.2. The molecule has 0 aliphatic heterocycles. The van der Waals surface area contributed by atoms with Gasteiger partial charge in [-0.05, 0) is 24.1 Å². The number of nitrogens with zero attached hydrogens (tertiary/aromatic N) is 1. The average molecular weight is 630 g/mol. The van der Waals surface area contributed by atoms with Gasteiger partial charge in [0.1, 0.15) is 11.4 Å². The van der Waals surface area contributed by atoms with E-state index in [0.717, 1.165) is 17.3 Å². The summed E-state index contributed by atoms with van der Waals surface area (Å²) in [4.78, 5) is 3.49. The number of benzene rings is 4. The van der Waals surface area contributed by atoms with Crippen molar-refractivity contribution >= 4 is 28.9 Å². The van der Waals surface area contributed by atoms with Crippen molar-refractivity contribution in [1.82, 2.24) is 0 Å². The van der Waals surface area contributed by atoms with Crippen molar-refractivity contribution in [2.24, 2.45) is 4.99 Å². The molecule has 0 spiro atoms. The molecular weight excluding hydrogens is 611 g/mol. The molecule has 190 valence electrons. The Kier molecular flexibility index (Phi) is 10.1. The summed E-state index contributed by atoms with van der Waals surface area (Å²) in [5.41, 5.74) is 0.0673. The SMILES string of the molecule is CC(c1ccccc1)(c1ccccc1)c1cccc(C=Nc2c(F)c(F)c(F)c(F)c2F)c1O.[Cl][Zr][Cl].